The highest BCUT2D eigenvalue weighted by Crippen LogP contribution is 2.21. The van der Waals surface area contributed by atoms with Crippen molar-refractivity contribution in [2.45, 2.75) is 6.92 Å². The molecule has 1 amide bonds. The second-order valence-corrected chi connectivity index (χ2v) is 8.04. The van der Waals surface area contributed by atoms with Crippen LogP contribution in [0.1, 0.15) is 16.7 Å². The number of nitrogens with zero attached hydrogens (tertiary/aromatic N) is 2. The first-order valence-electron chi connectivity index (χ1n) is 8.98. The van der Waals surface area contributed by atoms with E-state index in [9.17, 15) is 28.1 Å². The van der Waals surface area contributed by atoms with Crippen LogP contribution in [0.3, 0.4) is 0 Å². The van der Waals surface area contributed by atoms with Crippen molar-refractivity contribution in [1.29, 1.82) is 5.26 Å². The van der Waals surface area contributed by atoms with Crippen molar-refractivity contribution in [2.24, 2.45) is 0 Å². The Kier molecular flexibility index (Phi) is 8.17. The molecule has 0 aliphatic carbocycles. The minimum Gasteiger partial charge on any atom is -0.455 e. The molecule has 2 rings (SSSR count). The third kappa shape index (κ3) is 7.63. The number of esters is 1. The molecule has 166 valence electrons. The number of aryl methyl sites for hydroxylation is 1. The molecule has 0 aliphatic heterocycles. The molecule has 0 unspecified atom stereocenters. The Morgan fingerprint density at radius 2 is 1.91 bits per heavy atom. The molecule has 0 aromatic heterocycles. The lowest BCUT2D eigenvalue weighted by molar-refractivity contribution is -0.384. The Hall–Kier alpha value is -4.08. The van der Waals surface area contributed by atoms with Gasteiger partial charge in [-0.25, -0.2) is 13.1 Å². The maximum Gasteiger partial charge on any atom is 0.321 e. The van der Waals surface area contributed by atoms with Gasteiger partial charge in [-0.05, 0) is 24.6 Å². The molecule has 0 heterocycles. The number of nitriles is 1. The molecule has 0 saturated heterocycles. The van der Waals surface area contributed by atoms with Crippen LogP contribution in [0.5, 0.6) is 0 Å². The van der Waals surface area contributed by atoms with Gasteiger partial charge in [0.1, 0.15) is 12.6 Å². The van der Waals surface area contributed by atoms with Gasteiger partial charge >= 0.3 is 5.97 Å². The average molecular weight is 458 g/mol. The smallest absolute Gasteiger partial charge is 0.321 e. The van der Waals surface area contributed by atoms with Crippen LogP contribution in [-0.4, -0.2) is 38.4 Å². The van der Waals surface area contributed by atoms with Crippen LogP contribution in [0, 0.1) is 28.4 Å². The molecule has 2 N–H and O–H groups in total. The van der Waals surface area contributed by atoms with Gasteiger partial charge in [-0.15, -0.1) is 0 Å². The van der Waals surface area contributed by atoms with Gasteiger partial charge in [-0.3, -0.25) is 19.7 Å². The lowest BCUT2D eigenvalue weighted by atomic mass is 10.1. The van der Waals surface area contributed by atoms with Crippen LogP contribution in [0.15, 0.2) is 47.9 Å². The molecular formula is C20H18N4O7S. The van der Waals surface area contributed by atoms with Gasteiger partial charge < -0.3 is 10.1 Å². The molecule has 0 saturated carbocycles. The summed E-state index contributed by atoms with van der Waals surface area (Å²) >= 11 is 0. The van der Waals surface area contributed by atoms with E-state index in [1.807, 2.05) is 23.8 Å². The van der Waals surface area contributed by atoms with Crippen molar-refractivity contribution in [3.05, 3.63) is 74.7 Å². The molecule has 0 bridgehead atoms. The summed E-state index contributed by atoms with van der Waals surface area (Å²) in [5.41, 5.74) is 1.21. The number of anilines is 1. The summed E-state index contributed by atoms with van der Waals surface area (Å²) < 4.78 is 30.6. The van der Waals surface area contributed by atoms with Crippen LogP contribution >= 0.6 is 0 Å². The summed E-state index contributed by atoms with van der Waals surface area (Å²) in [6, 6.07) is 12.1. The second kappa shape index (κ2) is 10.8. The molecule has 32 heavy (non-hydrogen) atoms. The predicted molar refractivity (Wildman–Crippen MR) is 115 cm³/mol. The van der Waals surface area contributed by atoms with Crippen LogP contribution < -0.4 is 10.0 Å². The summed E-state index contributed by atoms with van der Waals surface area (Å²) in [4.78, 5) is 33.7. The summed E-state index contributed by atoms with van der Waals surface area (Å²) in [5, 5.41) is 23.0. The molecule has 0 atom stereocenters. The second-order valence-electron chi connectivity index (χ2n) is 6.39. The van der Waals surface area contributed by atoms with Gasteiger partial charge in [0, 0.05) is 17.5 Å². The number of sulfonamides is 1. The van der Waals surface area contributed by atoms with E-state index in [1.54, 1.807) is 18.2 Å². The van der Waals surface area contributed by atoms with Crippen molar-refractivity contribution in [3.63, 3.8) is 0 Å². The lowest BCUT2D eigenvalue weighted by Gasteiger charge is -2.08. The van der Waals surface area contributed by atoms with E-state index in [2.05, 4.69) is 10.1 Å². The monoisotopic (exact) mass is 458 g/mol. The van der Waals surface area contributed by atoms with Crippen molar-refractivity contribution in [1.82, 2.24) is 4.72 Å². The number of carbonyl (C=O) groups is 2. The van der Waals surface area contributed by atoms with E-state index in [1.165, 1.54) is 12.1 Å². The molecule has 2 aromatic rings. The third-order valence-corrected chi connectivity index (χ3v) is 4.95. The Morgan fingerprint density at radius 1 is 1.22 bits per heavy atom. The number of ether oxygens (including phenoxy) is 1. The maximum absolute atomic E-state index is 11.9. The van der Waals surface area contributed by atoms with Crippen molar-refractivity contribution in [3.8, 4) is 6.07 Å². The summed E-state index contributed by atoms with van der Waals surface area (Å²) in [6.45, 7) is 0.447. The lowest BCUT2D eigenvalue weighted by Crippen LogP contribution is -2.31. The van der Waals surface area contributed by atoms with Gasteiger partial charge in [-0.1, -0.05) is 29.8 Å². The topological polar surface area (TPSA) is 168 Å². The molecular weight excluding hydrogens is 440 g/mol. The molecule has 2 aromatic carbocycles. The van der Waals surface area contributed by atoms with Gasteiger partial charge in [0.05, 0.1) is 16.2 Å². The summed E-state index contributed by atoms with van der Waals surface area (Å²) in [5.74, 6) is -1.82. The van der Waals surface area contributed by atoms with E-state index >= 15 is 0 Å². The van der Waals surface area contributed by atoms with E-state index < -0.39 is 40.0 Å². The Bertz CT molecular complexity index is 1200. The highest BCUT2D eigenvalue weighted by Gasteiger charge is 2.15. The molecule has 0 radical (unpaired) electrons. The molecule has 0 spiro atoms. The highest BCUT2D eigenvalue weighted by atomic mass is 32.2. The van der Waals surface area contributed by atoms with E-state index in [0.29, 0.717) is 5.56 Å². The van der Waals surface area contributed by atoms with Crippen molar-refractivity contribution < 1.29 is 27.7 Å². The Labute approximate surface area is 183 Å². The zero-order valence-corrected chi connectivity index (χ0v) is 17.6. The predicted octanol–water partition coefficient (Wildman–Crippen LogP) is 1.85. The number of rotatable bonds is 9. The molecule has 11 nitrogen and oxygen atoms in total. The number of amides is 1. The Balaban J connectivity index is 1.83. The van der Waals surface area contributed by atoms with Gasteiger partial charge in [-0.2, -0.15) is 5.26 Å². The normalized spacial score (nSPS) is 11.0. The van der Waals surface area contributed by atoms with Crippen LogP contribution in [-0.2, 0) is 24.3 Å². The zero-order valence-electron chi connectivity index (χ0n) is 16.8. The van der Waals surface area contributed by atoms with Crippen molar-refractivity contribution in [2.75, 3.05) is 18.5 Å². The number of nitro benzene ring substituents is 1. The summed E-state index contributed by atoms with van der Waals surface area (Å²) in [6.07, 6.45) is 1.36. The number of nitrogens with one attached hydrogen (secondary N) is 2. The largest absolute Gasteiger partial charge is 0.455 e. The van der Waals surface area contributed by atoms with E-state index in [-0.39, 0.29) is 16.9 Å². The van der Waals surface area contributed by atoms with Gasteiger partial charge in [0.2, 0.25) is 10.0 Å². The summed E-state index contributed by atoms with van der Waals surface area (Å²) in [7, 11) is -3.92. The molecule has 0 aliphatic rings. The van der Waals surface area contributed by atoms with E-state index in [0.717, 1.165) is 23.1 Å². The van der Waals surface area contributed by atoms with E-state index in [4.69, 9.17) is 5.26 Å². The molecule has 12 heteroatoms. The first kappa shape index (κ1) is 24.2. The Morgan fingerprint density at radius 3 is 2.53 bits per heavy atom. The third-order valence-electron chi connectivity index (χ3n) is 3.91. The fourth-order valence-corrected chi connectivity index (χ4v) is 3.04. The minimum absolute atomic E-state index is 0.00101. The number of benzene rings is 2. The average Bonchev–Trinajstić information content (AvgIpc) is 2.76. The first-order chi connectivity index (χ1) is 15.1. The SMILES string of the molecule is Cc1ccc(C=CS(=O)(=O)NCC(=O)OCC(=O)Nc2ccc([N+](=O)[O-])cc2C#N)cc1. The fourth-order valence-electron chi connectivity index (χ4n) is 2.28. The van der Waals surface area contributed by atoms with Crippen molar-refractivity contribution >= 4 is 39.4 Å². The quantitative estimate of drug-likeness (QED) is 0.326. The maximum atomic E-state index is 11.9. The van der Waals surface area contributed by atoms with Crippen LogP contribution in [0.2, 0.25) is 0 Å². The number of hydrogen-bond donors (Lipinski definition) is 2. The number of nitro groups is 1. The minimum atomic E-state index is -3.92. The van der Waals surface area contributed by atoms with Gasteiger partial charge in [0.15, 0.2) is 6.61 Å². The standard InChI is InChI=1S/C20H18N4O7S/c1-14-2-4-15(5-3-14)8-9-32(29,30)22-12-20(26)31-13-19(25)23-18-7-6-17(24(27)28)10-16(18)11-21/h2-10,22H,12-13H2,1H3,(H,23,25). The van der Waals surface area contributed by atoms with Gasteiger partial charge in [0.25, 0.3) is 11.6 Å². The first-order valence-corrected chi connectivity index (χ1v) is 10.5. The van der Waals surface area contributed by atoms with Crippen LogP contribution in [0.25, 0.3) is 6.08 Å². The van der Waals surface area contributed by atoms with Crippen LogP contribution in [0.4, 0.5) is 11.4 Å². The molecule has 0 fully saturated rings. The fraction of sp³-hybridized carbons (Fsp3) is 0.150. The number of non-ortho nitro benzene ring substituents is 1. The number of hydrogen-bond acceptors (Lipinski definition) is 8. The highest BCUT2D eigenvalue weighted by molar-refractivity contribution is 7.92. The number of carbonyl (C=O) groups excluding carboxylic acids is 2. The zero-order chi connectivity index (χ0) is 23.7.